The quantitative estimate of drug-likeness (QED) is 0.732. The zero-order chi connectivity index (χ0) is 13.3. The van der Waals surface area contributed by atoms with Gasteiger partial charge in [-0.25, -0.2) is 4.98 Å². The molecule has 2 rings (SSSR count). The Labute approximate surface area is 114 Å². The summed E-state index contributed by atoms with van der Waals surface area (Å²) in [6.45, 7) is 1.06. The van der Waals surface area contributed by atoms with E-state index in [1.165, 1.54) is 17.2 Å². The molecule has 0 spiro atoms. The van der Waals surface area contributed by atoms with Crippen molar-refractivity contribution in [2.24, 2.45) is 0 Å². The van der Waals surface area contributed by atoms with E-state index in [0.717, 1.165) is 0 Å². The van der Waals surface area contributed by atoms with Gasteiger partial charge in [0.25, 0.3) is 5.91 Å². The second-order valence-corrected chi connectivity index (χ2v) is 4.82. The van der Waals surface area contributed by atoms with E-state index in [1.54, 1.807) is 11.9 Å². The van der Waals surface area contributed by atoms with Gasteiger partial charge in [0.05, 0.1) is 10.6 Å². The third-order valence-corrected chi connectivity index (χ3v) is 3.30. The van der Waals surface area contributed by atoms with Crippen molar-refractivity contribution in [3.05, 3.63) is 28.0 Å². The first-order valence-corrected chi connectivity index (χ1v) is 6.09. The highest BCUT2D eigenvalue weighted by molar-refractivity contribution is 6.35. The van der Waals surface area contributed by atoms with Crippen LogP contribution in [0.25, 0.3) is 0 Å². The van der Waals surface area contributed by atoms with E-state index in [4.69, 9.17) is 23.2 Å². The largest absolute Gasteiger partial charge is 0.342 e. The number of carbonyl (C=O) groups excluding carboxylic acids is 2. The first kappa shape index (κ1) is 13.1. The van der Waals surface area contributed by atoms with E-state index in [1.807, 2.05) is 0 Å². The normalized spacial score (nSPS) is 16.1. The first-order chi connectivity index (χ1) is 8.49. The summed E-state index contributed by atoms with van der Waals surface area (Å²) in [5, 5.41) is 0.430. The summed E-state index contributed by atoms with van der Waals surface area (Å²) < 4.78 is 0. The number of hydrogen-bond acceptors (Lipinski definition) is 3. The van der Waals surface area contributed by atoms with Gasteiger partial charge in [-0.15, -0.1) is 0 Å². The van der Waals surface area contributed by atoms with Crippen molar-refractivity contribution in [2.45, 2.75) is 0 Å². The fraction of sp³-hybridized carbons (Fsp3) is 0.364. The van der Waals surface area contributed by atoms with Gasteiger partial charge in [-0.3, -0.25) is 9.59 Å². The Balaban J connectivity index is 2.21. The molecule has 1 aliphatic heterocycles. The third-order valence-electron chi connectivity index (χ3n) is 2.80. The predicted octanol–water partition coefficient (Wildman–Crippen LogP) is 1.30. The van der Waals surface area contributed by atoms with Crippen molar-refractivity contribution >= 4 is 35.0 Å². The second-order valence-electron chi connectivity index (χ2n) is 4.03. The van der Waals surface area contributed by atoms with Crippen LogP contribution in [-0.2, 0) is 4.79 Å². The molecule has 1 saturated heterocycles. The van der Waals surface area contributed by atoms with Crippen LogP contribution < -0.4 is 0 Å². The van der Waals surface area contributed by atoms with E-state index < -0.39 is 0 Å². The fourth-order valence-electron chi connectivity index (χ4n) is 1.68. The van der Waals surface area contributed by atoms with Gasteiger partial charge in [-0.05, 0) is 6.07 Å². The fourth-order valence-corrected chi connectivity index (χ4v) is 2.02. The number of carbonyl (C=O) groups is 2. The summed E-state index contributed by atoms with van der Waals surface area (Å²) in [4.78, 5) is 30.6. The highest BCUT2D eigenvalue weighted by atomic mass is 35.5. The average molecular weight is 288 g/mol. The summed E-state index contributed by atoms with van der Waals surface area (Å²) in [6, 6.07) is 1.41. The molecule has 0 aliphatic carbocycles. The molecule has 1 aromatic rings. The zero-order valence-corrected chi connectivity index (χ0v) is 11.2. The van der Waals surface area contributed by atoms with Crippen LogP contribution in [0.15, 0.2) is 12.3 Å². The molecule has 2 amide bonds. The van der Waals surface area contributed by atoms with Gasteiger partial charge in [0.15, 0.2) is 0 Å². The number of halogens is 2. The lowest BCUT2D eigenvalue weighted by Crippen LogP contribution is -2.50. The number of aromatic nitrogens is 1. The van der Waals surface area contributed by atoms with Gasteiger partial charge in [-0.1, -0.05) is 23.2 Å². The number of piperazine rings is 1. The number of likely N-dealkylation sites (N-methyl/N-ethyl adjacent to an activating group) is 1. The molecule has 0 atom stereocenters. The number of amides is 2. The topological polar surface area (TPSA) is 53.5 Å². The van der Waals surface area contributed by atoms with E-state index in [2.05, 4.69) is 4.98 Å². The van der Waals surface area contributed by atoms with Crippen LogP contribution in [0.1, 0.15) is 10.4 Å². The van der Waals surface area contributed by atoms with Gasteiger partial charge in [0.1, 0.15) is 11.7 Å². The second kappa shape index (κ2) is 5.12. The van der Waals surface area contributed by atoms with Crippen molar-refractivity contribution in [3.63, 3.8) is 0 Å². The molecule has 1 aromatic heterocycles. The lowest BCUT2D eigenvalue weighted by molar-refractivity contribution is -0.133. The maximum Gasteiger partial charge on any atom is 0.256 e. The molecule has 1 aliphatic rings. The van der Waals surface area contributed by atoms with Crippen molar-refractivity contribution in [1.29, 1.82) is 0 Å². The van der Waals surface area contributed by atoms with Crippen molar-refractivity contribution in [1.82, 2.24) is 14.8 Å². The zero-order valence-electron chi connectivity index (χ0n) is 9.69. The van der Waals surface area contributed by atoms with Crippen LogP contribution in [0, 0.1) is 0 Å². The van der Waals surface area contributed by atoms with E-state index >= 15 is 0 Å². The SMILES string of the molecule is CN1CCN(C(=O)c2cc(Cl)ncc2Cl)CC1=O. The molecule has 96 valence electrons. The molecule has 0 unspecified atom stereocenters. The Hall–Kier alpha value is -1.33. The maximum atomic E-state index is 12.2. The highest BCUT2D eigenvalue weighted by Crippen LogP contribution is 2.20. The van der Waals surface area contributed by atoms with Crippen molar-refractivity contribution in [2.75, 3.05) is 26.7 Å². The summed E-state index contributed by atoms with van der Waals surface area (Å²) in [5.74, 6) is -0.392. The highest BCUT2D eigenvalue weighted by Gasteiger charge is 2.26. The lowest BCUT2D eigenvalue weighted by atomic mass is 10.2. The smallest absolute Gasteiger partial charge is 0.256 e. The summed E-state index contributed by atoms with van der Waals surface area (Å²) in [6.07, 6.45) is 1.33. The minimum atomic E-state index is -0.300. The maximum absolute atomic E-state index is 12.2. The molecule has 5 nitrogen and oxygen atoms in total. The van der Waals surface area contributed by atoms with Gasteiger partial charge < -0.3 is 9.80 Å². The van der Waals surface area contributed by atoms with E-state index in [-0.39, 0.29) is 34.1 Å². The van der Waals surface area contributed by atoms with Gasteiger partial charge in [0.2, 0.25) is 5.91 Å². The average Bonchev–Trinajstić information content (AvgIpc) is 2.35. The minimum Gasteiger partial charge on any atom is -0.342 e. The Kier molecular flexibility index (Phi) is 3.73. The molecule has 0 saturated carbocycles. The molecule has 7 heteroatoms. The summed E-state index contributed by atoms with van der Waals surface area (Å²) >= 11 is 11.6. The Bertz CT molecular complexity index is 507. The number of hydrogen-bond donors (Lipinski definition) is 0. The van der Waals surface area contributed by atoms with Gasteiger partial charge in [-0.2, -0.15) is 0 Å². The summed E-state index contributed by atoms with van der Waals surface area (Å²) in [7, 11) is 1.71. The molecular weight excluding hydrogens is 277 g/mol. The lowest BCUT2D eigenvalue weighted by Gasteiger charge is -2.32. The number of pyridine rings is 1. The third kappa shape index (κ3) is 2.57. The Morgan fingerprint density at radius 1 is 1.39 bits per heavy atom. The van der Waals surface area contributed by atoms with Crippen molar-refractivity contribution in [3.8, 4) is 0 Å². The molecule has 0 radical (unpaired) electrons. The van der Waals surface area contributed by atoms with E-state index in [9.17, 15) is 9.59 Å². The van der Waals surface area contributed by atoms with Gasteiger partial charge in [0, 0.05) is 26.3 Å². The van der Waals surface area contributed by atoms with E-state index in [0.29, 0.717) is 13.1 Å². The minimum absolute atomic E-state index is 0.0611. The van der Waals surface area contributed by atoms with Crippen molar-refractivity contribution < 1.29 is 9.59 Å². The molecule has 0 N–H and O–H groups in total. The Morgan fingerprint density at radius 2 is 2.11 bits per heavy atom. The van der Waals surface area contributed by atoms with Crippen LogP contribution in [0.5, 0.6) is 0 Å². The molecule has 2 heterocycles. The van der Waals surface area contributed by atoms with Crippen LogP contribution in [0.4, 0.5) is 0 Å². The van der Waals surface area contributed by atoms with Gasteiger partial charge >= 0.3 is 0 Å². The number of nitrogens with zero attached hydrogens (tertiary/aromatic N) is 3. The van der Waals surface area contributed by atoms with Crippen LogP contribution >= 0.6 is 23.2 Å². The standard InChI is InChI=1S/C11H11Cl2N3O2/c1-15-2-3-16(6-10(15)17)11(18)7-4-9(13)14-5-8(7)12/h4-5H,2-3,6H2,1H3. The molecule has 0 bridgehead atoms. The molecule has 1 fully saturated rings. The first-order valence-electron chi connectivity index (χ1n) is 5.33. The number of rotatable bonds is 1. The molecular formula is C11H11Cl2N3O2. The molecule has 18 heavy (non-hydrogen) atoms. The molecule has 0 aromatic carbocycles. The monoisotopic (exact) mass is 287 g/mol. The summed E-state index contributed by atoms with van der Waals surface area (Å²) in [5.41, 5.74) is 0.272. The van der Waals surface area contributed by atoms with Crippen LogP contribution in [0.3, 0.4) is 0 Å². The van der Waals surface area contributed by atoms with Crippen LogP contribution in [-0.4, -0.2) is 53.3 Å². The Morgan fingerprint density at radius 3 is 2.78 bits per heavy atom. The van der Waals surface area contributed by atoms with Crippen LogP contribution in [0.2, 0.25) is 10.2 Å². The predicted molar refractivity (Wildman–Crippen MR) is 67.8 cm³/mol.